The smallest absolute Gasteiger partial charge is 0.0246 e. The van der Waals surface area contributed by atoms with E-state index in [4.69, 9.17) is 0 Å². The number of nitrogens with zero attached hydrogens (tertiary/aromatic N) is 1. The summed E-state index contributed by atoms with van der Waals surface area (Å²) in [5.41, 5.74) is 0.477. The summed E-state index contributed by atoms with van der Waals surface area (Å²) >= 11 is 0. The summed E-state index contributed by atoms with van der Waals surface area (Å²) in [4.78, 5) is 2.68. The molecule has 1 atom stereocenters. The largest absolute Gasteiger partial charge is 0.312 e. The summed E-state index contributed by atoms with van der Waals surface area (Å²) in [5, 5.41) is 3.74. The highest BCUT2D eigenvalue weighted by Crippen LogP contribution is 2.32. The molecule has 0 radical (unpaired) electrons. The van der Waals surface area contributed by atoms with Crippen LogP contribution in [-0.4, -0.2) is 37.1 Å². The first-order chi connectivity index (χ1) is 8.12. The molecule has 2 aliphatic rings. The second-order valence-corrected chi connectivity index (χ2v) is 6.75. The van der Waals surface area contributed by atoms with E-state index in [-0.39, 0.29) is 0 Å². The van der Waals surface area contributed by atoms with E-state index in [0.717, 1.165) is 5.92 Å². The third-order valence-corrected chi connectivity index (χ3v) is 4.96. The van der Waals surface area contributed by atoms with Gasteiger partial charge in [-0.05, 0) is 50.1 Å². The van der Waals surface area contributed by atoms with Gasteiger partial charge < -0.3 is 10.2 Å². The highest BCUT2D eigenvalue weighted by atomic mass is 15.2. The minimum Gasteiger partial charge on any atom is -0.312 e. The average molecular weight is 238 g/mol. The van der Waals surface area contributed by atoms with Crippen molar-refractivity contribution in [2.75, 3.05) is 26.2 Å². The fourth-order valence-electron chi connectivity index (χ4n) is 3.21. The third kappa shape index (κ3) is 3.45. The first-order valence-electron chi connectivity index (χ1n) is 7.57. The number of hydrogen-bond donors (Lipinski definition) is 1. The summed E-state index contributed by atoms with van der Waals surface area (Å²) in [7, 11) is 0. The minimum atomic E-state index is 0.477. The Morgan fingerprint density at radius 3 is 2.47 bits per heavy atom. The van der Waals surface area contributed by atoms with Gasteiger partial charge in [-0.3, -0.25) is 0 Å². The molecule has 2 heteroatoms. The molecule has 1 N–H and O–H groups in total. The molecule has 0 bridgehead atoms. The van der Waals surface area contributed by atoms with Gasteiger partial charge in [-0.2, -0.15) is 0 Å². The van der Waals surface area contributed by atoms with Crippen molar-refractivity contribution in [1.29, 1.82) is 0 Å². The molecule has 1 saturated heterocycles. The van der Waals surface area contributed by atoms with Crippen LogP contribution >= 0.6 is 0 Å². The maximum atomic E-state index is 3.74. The van der Waals surface area contributed by atoms with Crippen molar-refractivity contribution in [3.63, 3.8) is 0 Å². The SMILES string of the molecule is CCN(CC1CCC1)CC1NCCCC1(C)C. The van der Waals surface area contributed by atoms with Crippen LogP contribution in [0.4, 0.5) is 0 Å². The summed E-state index contributed by atoms with van der Waals surface area (Å²) in [5.74, 6) is 1.00. The lowest BCUT2D eigenvalue weighted by Crippen LogP contribution is -2.53. The number of likely N-dealkylation sites (N-methyl/N-ethyl adjacent to an activating group) is 1. The van der Waals surface area contributed by atoms with E-state index in [9.17, 15) is 0 Å². The van der Waals surface area contributed by atoms with Gasteiger partial charge in [0, 0.05) is 19.1 Å². The lowest BCUT2D eigenvalue weighted by molar-refractivity contribution is 0.107. The number of rotatable bonds is 5. The van der Waals surface area contributed by atoms with Crippen molar-refractivity contribution in [3.8, 4) is 0 Å². The van der Waals surface area contributed by atoms with Gasteiger partial charge in [0.25, 0.3) is 0 Å². The molecule has 2 nitrogen and oxygen atoms in total. The van der Waals surface area contributed by atoms with Gasteiger partial charge in [0.2, 0.25) is 0 Å². The monoisotopic (exact) mass is 238 g/mol. The quantitative estimate of drug-likeness (QED) is 0.792. The zero-order valence-corrected chi connectivity index (χ0v) is 12.0. The van der Waals surface area contributed by atoms with Crippen LogP contribution in [0.1, 0.15) is 52.9 Å². The van der Waals surface area contributed by atoms with E-state index in [0.29, 0.717) is 11.5 Å². The van der Waals surface area contributed by atoms with E-state index in [1.165, 1.54) is 58.3 Å². The van der Waals surface area contributed by atoms with Crippen molar-refractivity contribution < 1.29 is 0 Å². The van der Waals surface area contributed by atoms with E-state index in [1.807, 2.05) is 0 Å². The molecule has 100 valence electrons. The topological polar surface area (TPSA) is 15.3 Å². The maximum absolute atomic E-state index is 3.74. The number of piperidine rings is 1. The Balaban J connectivity index is 1.83. The Hall–Kier alpha value is -0.0800. The lowest BCUT2D eigenvalue weighted by atomic mass is 9.77. The number of hydrogen-bond acceptors (Lipinski definition) is 2. The van der Waals surface area contributed by atoms with Crippen LogP contribution in [0.25, 0.3) is 0 Å². The maximum Gasteiger partial charge on any atom is 0.0246 e. The van der Waals surface area contributed by atoms with Gasteiger partial charge in [-0.1, -0.05) is 27.2 Å². The van der Waals surface area contributed by atoms with Crippen LogP contribution in [0.3, 0.4) is 0 Å². The van der Waals surface area contributed by atoms with Crippen molar-refractivity contribution in [2.45, 2.75) is 58.9 Å². The summed E-state index contributed by atoms with van der Waals surface area (Å²) in [6.07, 6.45) is 7.13. The summed E-state index contributed by atoms with van der Waals surface area (Å²) in [6.45, 7) is 12.2. The van der Waals surface area contributed by atoms with E-state index in [1.54, 1.807) is 0 Å². The molecule has 1 aliphatic carbocycles. The Morgan fingerprint density at radius 1 is 1.18 bits per heavy atom. The molecule has 17 heavy (non-hydrogen) atoms. The standard InChI is InChI=1S/C15H30N2/c1-4-17(11-13-7-5-8-13)12-14-15(2,3)9-6-10-16-14/h13-14,16H,4-12H2,1-3H3. The van der Waals surface area contributed by atoms with Gasteiger partial charge >= 0.3 is 0 Å². The third-order valence-electron chi connectivity index (χ3n) is 4.96. The van der Waals surface area contributed by atoms with Crippen molar-refractivity contribution >= 4 is 0 Å². The first kappa shape index (κ1) is 13.4. The van der Waals surface area contributed by atoms with Gasteiger partial charge in [-0.25, -0.2) is 0 Å². The summed E-state index contributed by atoms with van der Waals surface area (Å²) < 4.78 is 0. The van der Waals surface area contributed by atoms with Crippen LogP contribution in [0, 0.1) is 11.3 Å². The van der Waals surface area contributed by atoms with E-state index >= 15 is 0 Å². The Bertz CT molecular complexity index is 233. The van der Waals surface area contributed by atoms with Gasteiger partial charge in [-0.15, -0.1) is 0 Å². The molecule has 0 amide bonds. The molecule has 1 aliphatic heterocycles. The molecular formula is C15H30N2. The highest BCUT2D eigenvalue weighted by Gasteiger charge is 2.33. The van der Waals surface area contributed by atoms with Crippen LogP contribution in [0.15, 0.2) is 0 Å². The summed E-state index contributed by atoms with van der Waals surface area (Å²) in [6, 6.07) is 0.691. The van der Waals surface area contributed by atoms with Crippen LogP contribution in [0.5, 0.6) is 0 Å². The molecule has 1 heterocycles. The second kappa shape index (κ2) is 5.71. The molecular weight excluding hydrogens is 208 g/mol. The van der Waals surface area contributed by atoms with Crippen LogP contribution < -0.4 is 5.32 Å². The zero-order chi connectivity index (χ0) is 12.3. The minimum absolute atomic E-state index is 0.477. The predicted molar refractivity (Wildman–Crippen MR) is 74.3 cm³/mol. The van der Waals surface area contributed by atoms with Crippen LogP contribution in [0.2, 0.25) is 0 Å². The average Bonchev–Trinajstić information content (AvgIpc) is 2.23. The predicted octanol–water partition coefficient (Wildman–Crippen LogP) is 2.89. The van der Waals surface area contributed by atoms with Gasteiger partial charge in [0.1, 0.15) is 0 Å². The normalized spacial score (nSPS) is 29.3. The zero-order valence-electron chi connectivity index (χ0n) is 12.0. The van der Waals surface area contributed by atoms with Crippen molar-refractivity contribution in [2.24, 2.45) is 11.3 Å². The van der Waals surface area contributed by atoms with E-state index < -0.39 is 0 Å². The molecule has 1 saturated carbocycles. The van der Waals surface area contributed by atoms with Crippen molar-refractivity contribution in [1.82, 2.24) is 10.2 Å². The Kier molecular flexibility index (Phi) is 4.48. The Labute approximate surface area is 107 Å². The number of nitrogens with one attached hydrogen (secondary N) is 1. The molecule has 0 aromatic heterocycles. The molecule has 1 unspecified atom stereocenters. The fourth-order valence-corrected chi connectivity index (χ4v) is 3.21. The van der Waals surface area contributed by atoms with Crippen molar-refractivity contribution in [3.05, 3.63) is 0 Å². The lowest BCUT2D eigenvalue weighted by Gasteiger charge is -2.43. The molecule has 0 spiro atoms. The molecule has 0 aromatic carbocycles. The molecule has 2 fully saturated rings. The van der Waals surface area contributed by atoms with Crippen LogP contribution in [-0.2, 0) is 0 Å². The highest BCUT2D eigenvalue weighted by molar-refractivity contribution is 4.90. The molecule has 2 rings (SSSR count). The second-order valence-electron chi connectivity index (χ2n) is 6.75. The first-order valence-corrected chi connectivity index (χ1v) is 7.57. The van der Waals surface area contributed by atoms with Gasteiger partial charge in [0.05, 0.1) is 0 Å². The Morgan fingerprint density at radius 2 is 1.94 bits per heavy atom. The molecule has 0 aromatic rings. The fraction of sp³-hybridized carbons (Fsp3) is 1.00. The van der Waals surface area contributed by atoms with E-state index in [2.05, 4.69) is 31.0 Å². The van der Waals surface area contributed by atoms with Gasteiger partial charge in [0.15, 0.2) is 0 Å².